The average molecular weight is 242 g/mol. The Morgan fingerprint density at radius 2 is 2.00 bits per heavy atom. The van der Waals surface area contributed by atoms with Gasteiger partial charge in [0.05, 0.1) is 0 Å². The number of rotatable bonds is 4. The second-order valence-electron chi connectivity index (χ2n) is 4.86. The molecule has 1 N–H and O–H groups in total. The van der Waals surface area contributed by atoms with Crippen LogP contribution in [0, 0.1) is 5.92 Å². The van der Waals surface area contributed by atoms with Crippen LogP contribution in [0.5, 0.6) is 0 Å². The molecule has 0 saturated heterocycles. The van der Waals surface area contributed by atoms with Crippen molar-refractivity contribution in [2.45, 2.75) is 20.3 Å². The quantitative estimate of drug-likeness (QED) is 0.895. The molecule has 3 nitrogen and oxygen atoms in total. The summed E-state index contributed by atoms with van der Waals surface area (Å²) in [6.07, 6.45) is 2.73. The minimum atomic E-state index is -0.0959. The standard InChI is InChI=1S/C15H18N2O/c1-11(2)7-8-16-15(18)14-9-12-5-3-4-6-13(12)10-17-14/h3-6,9-11H,7-8H2,1-2H3,(H,16,18). The molecule has 0 saturated carbocycles. The van der Waals surface area contributed by atoms with Crippen molar-refractivity contribution in [1.29, 1.82) is 0 Å². The Morgan fingerprint density at radius 1 is 1.28 bits per heavy atom. The monoisotopic (exact) mass is 242 g/mol. The van der Waals surface area contributed by atoms with Crippen molar-refractivity contribution in [3.8, 4) is 0 Å². The van der Waals surface area contributed by atoms with Gasteiger partial charge in [0.25, 0.3) is 5.91 Å². The van der Waals surface area contributed by atoms with E-state index in [0.29, 0.717) is 18.2 Å². The minimum Gasteiger partial charge on any atom is -0.351 e. The van der Waals surface area contributed by atoms with Crippen molar-refractivity contribution in [2.75, 3.05) is 6.54 Å². The maximum atomic E-state index is 11.9. The van der Waals surface area contributed by atoms with Crippen LogP contribution < -0.4 is 5.32 Å². The number of benzene rings is 1. The molecule has 0 bridgehead atoms. The largest absolute Gasteiger partial charge is 0.351 e. The molecular weight excluding hydrogens is 224 g/mol. The highest BCUT2D eigenvalue weighted by Gasteiger charge is 2.07. The molecule has 0 atom stereocenters. The van der Waals surface area contributed by atoms with Crippen molar-refractivity contribution in [2.24, 2.45) is 5.92 Å². The molecule has 94 valence electrons. The highest BCUT2D eigenvalue weighted by Crippen LogP contribution is 2.13. The fourth-order valence-corrected chi connectivity index (χ4v) is 1.77. The van der Waals surface area contributed by atoms with E-state index >= 15 is 0 Å². The van der Waals surface area contributed by atoms with Gasteiger partial charge in [-0.25, -0.2) is 0 Å². The summed E-state index contributed by atoms with van der Waals surface area (Å²) in [5, 5.41) is 4.99. The van der Waals surface area contributed by atoms with E-state index in [-0.39, 0.29) is 5.91 Å². The predicted octanol–water partition coefficient (Wildman–Crippen LogP) is 3.01. The number of nitrogens with one attached hydrogen (secondary N) is 1. The van der Waals surface area contributed by atoms with E-state index < -0.39 is 0 Å². The van der Waals surface area contributed by atoms with Gasteiger partial charge in [-0.3, -0.25) is 9.78 Å². The zero-order valence-corrected chi connectivity index (χ0v) is 10.8. The van der Waals surface area contributed by atoms with E-state index in [9.17, 15) is 4.79 Å². The summed E-state index contributed by atoms with van der Waals surface area (Å²) in [4.78, 5) is 16.1. The molecule has 3 heteroatoms. The molecule has 0 aliphatic rings. The molecular formula is C15H18N2O. The van der Waals surface area contributed by atoms with Crippen molar-refractivity contribution in [3.63, 3.8) is 0 Å². The molecule has 1 aromatic carbocycles. The smallest absolute Gasteiger partial charge is 0.269 e. The summed E-state index contributed by atoms with van der Waals surface area (Å²) in [7, 11) is 0. The van der Waals surface area contributed by atoms with E-state index in [0.717, 1.165) is 17.2 Å². The van der Waals surface area contributed by atoms with Gasteiger partial charge in [-0.2, -0.15) is 0 Å². The van der Waals surface area contributed by atoms with Gasteiger partial charge in [0.1, 0.15) is 5.69 Å². The van der Waals surface area contributed by atoms with Gasteiger partial charge in [-0.05, 0) is 23.8 Å². The van der Waals surface area contributed by atoms with Crippen LogP contribution >= 0.6 is 0 Å². The Bertz CT molecular complexity index is 549. The van der Waals surface area contributed by atoms with E-state index in [1.807, 2.05) is 30.3 Å². The lowest BCUT2D eigenvalue weighted by Gasteiger charge is -2.07. The van der Waals surface area contributed by atoms with Gasteiger partial charge in [0.2, 0.25) is 0 Å². The third kappa shape index (κ3) is 3.06. The Labute approximate surface area is 107 Å². The van der Waals surface area contributed by atoms with Gasteiger partial charge in [0, 0.05) is 18.1 Å². The number of fused-ring (bicyclic) bond motifs is 1. The first kappa shape index (κ1) is 12.6. The topological polar surface area (TPSA) is 42.0 Å². The first-order valence-electron chi connectivity index (χ1n) is 6.30. The van der Waals surface area contributed by atoms with Crippen LogP contribution in [0.25, 0.3) is 10.8 Å². The second-order valence-corrected chi connectivity index (χ2v) is 4.86. The molecule has 0 unspecified atom stereocenters. The highest BCUT2D eigenvalue weighted by atomic mass is 16.1. The van der Waals surface area contributed by atoms with Crippen LogP contribution in [0.2, 0.25) is 0 Å². The van der Waals surface area contributed by atoms with Crippen LogP contribution in [0.1, 0.15) is 30.8 Å². The summed E-state index contributed by atoms with van der Waals surface area (Å²) >= 11 is 0. The van der Waals surface area contributed by atoms with Crippen molar-refractivity contribution in [3.05, 3.63) is 42.2 Å². The molecule has 1 amide bonds. The number of pyridine rings is 1. The number of aromatic nitrogens is 1. The first-order valence-corrected chi connectivity index (χ1v) is 6.30. The number of hydrogen-bond acceptors (Lipinski definition) is 2. The second kappa shape index (κ2) is 5.63. The minimum absolute atomic E-state index is 0.0959. The fraction of sp³-hybridized carbons (Fsp3) is 0.333. The highest BCUT2D eigenvalue weighted by molar-refractivity contribution is 5.96. The maximum absolute atomic E-state index is 11.9. The lowest BCUT2D eigenvalue weighted by molar-refractivity contribution is 0.0947. The van der Waals surface area contributed by atoms with Crippen LogP contribution in [-0.2, 0) is 0 Å². The molecule has 2 aromatic rings. The molecule has 18 heavy (non-hydrogen) atoms. The zero-order valence-electron chi connectivity index (χ0n) is 10.8. The predicted molar refractivity (Wildman–Crippen MR) is 73.5 cm³/mol. The molecule has 1 aromatic heterocycles. The van der Waals surface area contributed by atoms with Crippen LogP contribution in [0.4, 0.5) is 0 Å². The Kier molecular flexibility index (Phi) is 3.92. The normalized spacial score (nSPS) is 10.8. The maximum Gasteiger partial charge on any atom is 0.269 e. The van der Waals surface area contributed by atoms with Crippen molar-refractivity contribution >= 4 is 16.7 Å². The van der Waals surface area contributed by atoms with Gasteiger partial charge < -0.3 is 5.32 Å². The lowest BCUT2D eigenvalue weighted by atomic mass is 10.1. The average Bonchev–Trinajstić information content (AvgIpc) is 2.37. The van der Waals surface area contributed by atoms with Crippen LogP contribution in [0.15, 0.2) is 36.5 Å². The molecule has 2 rings (SSSR count). The third-order valence-electron chi connectivity index (χ3n) is 2.87. The third-order valence-corrected chi connectivity index (χ3v) is 2.87. The summed E-state index contributed by atoms with van der Waals surface area (Å²) < 4.78 is 0. The molecule has 0 aliphatic heterocycles. The van der Waals surface area contributed by atoms with Gasteiger partial charge in [-0.15, -0.1) is 0 Å². The van der Waals surface area contributed by atoms with E-state index in [1.165, 1.54) is 0 Å². The Morgan fingerprint density at radius 3 is 2.72 bits per heavy atom. The number of carbonyl (C=O) groups is 1. The lowest BCUT2D eigenvalue weighted by Crippen LogP contribution is -2.26. The first-order chi connectivity index (χ1) is 8.66. The summed E-state index contributed by atoms with van der Waals surface area (Å²) in [6.45, 7) is 4.98. The van der Waals surface area contributed by atoms with Crippen LogP contribution in [0.3, 0.4) is 0 Å². The van der Waals surface area contributed by atoms with Gasteiger partial charge in [0.15, 0.2) is 0 Å². The molecule has 0 radical (unpaired) electrons. The van der Waals surface area contributed by atoms with Crippen LogP contribution in [-0.4, -0.2) is 17.4 Å². The fourth-order valence-electron chi connectivity index (χ4n) is 1.77. The van der Waals surface area contributed by atoms with E-state index in [1.54, 1.807) is 6.20 Å². The SMILES string of the molecule is CC(C)CCNC(=O)c1cc2ccccc2cn1. The van der Waals surface area contributed by atoms with E-state index in [4.69, 9.17) is 0 Å². The number of nitrogens with zero attached hydrogens (tertiary/aromatic N) is 1. The van der Waals surface area contributed by atoms with E-state index in [2.05, 4.69) is 24.1 Å². The van der Waals surface area contributed by atoms with Gasteiger partial charge >= 0.3 is 0 Å². The number of carbonyl (C=O) groups excluding carboxylic acids is 1. The Balaban J connectivity index is 2.08. The number of amides is 1. The zero-order chi connectivity index (χ0) is 13.0. The molecule has 0 fully saturated rings. The van der Waals surface area contributed by atoms with Crippen molar-refractivity contribution in [1.82, 2.24) is 10.3 Å². The molecule has 0 aliphatic carbocycles. The summed E-state index contributed by atoms with van der Waals surface area (Å²) in [6, 6.07) is 9.74. The summed E-state index contributed by atoms with van der Waals surface area (Å²) in [5.41, 5.74) is 0.484. The molecule has 0 spiro atoms. The molecule has 1 heterocycles. The number of hydrogen-bond donors (Lipinski definition) is 1. The van der Waals surface area contributed by atoms with Crippen molar-refractivity contribution < 1.29 is 4.79 Å². The Hall–Kier alpha value is -1.90. The summed E-state index contributed by atoms with van der Waals surface area (Å²) in [5.74, 6) is 0.497. The van der Waals surface area contributed by atoms with Gasteiger partial charge in [-0.1, -0.05) is 38.1 Å².